The maximum Gasteiger partial charge on any atom is 0.335 e. The Morgan fingerprint density at radius 3 is 2.74 bits per heavy atom. The number of rotatable bonds is 6. The summed E-state index contributed by atoms with van der Waals surface area (Å²) >= 11 is 0. The Morgan fingerprint density at radius 2 is 2.07 bits per heavy atom. The van der Waals surface area contributed by atoms with Gasteiger partial charge in [0.25, 0.3) is 0 Å². The van der Waals surface area contributed by atoms with Crippen LogP contribution >= 0.6 is 0 Å². The smallest absolute Gasteiger partial charge is 0.335 e. The molecule has 0 aromatic heterocycles. The number of nitrogens with zero attached hydrogens (tertiary/aromatic N) is 1. The van der Waals surface area contributed by atoms with Gasteiger partial charge in [-0.2, -0.15) is 5.26 Å². The number of benzene rings is 2. The third kappa shape index (κ3) is 4.34. The van der Waals surface area contributed by atoms with Crippen molar-refractivity contribution < 1.29 is 23.1 Å². The highest BCUT2D eigenvalue weighted by atomic mass is 32.2. The van der Waals surface area contributed by atoms with Crippen molar-refractivity contribution in [2.24, 2.45) is 0 Å². The minimum atomic E-state index is -3.93. The summed E-state index contributed by atoms with van der Waals surface area (Å²) in [4.78, 5) is 11.3. The van der Waals surface area contributed by atoms with Crippen LogP contribution in [0.1, 0.15) is 28.8 Å². The molecule has 2 N–H and O–H groups in total. The largest absolute Gasteiger partial charge is 0.478 e. The molecule has 0 radical (unpaired) electrons. The molecular weight excluding hydrogens is 368 g/mol. The summed E-state index contributed by atoms with van der Waals surface area (Å²) in [6, 6.07) is 12.5. The van der Waals surface area contributed by atoms with Crippen LogP contribution in [-0.2, 0) is 14.8 Å². The summed E-state index contributed by atoms with van der Waals surface area (Å²) in [6.07, 6.45) is 1.48. The molecule has 1 heterocycles. The van der Waals surface area contributed by atoms with Crippen molar-refractivity contribution in [2.45, 2.75) is 23.8 Å². The highest BCUT2D eigenvalue weighted by molar-refractivity contribution is 7.89. The van der Waals surface area contributed by atoms with Crippen molar-refractivity contribution in [3.05, 3.63) is 53.6 Å². The lowest BCUT2D eigenvalue weighted by molar-refractivity contribution is 0.0696. The maximum atomic E-state index is 12.7. The highest BCUT2D eigenvalue weighted by Gasteiger charge is 2.22. The number of hydrogen-bond acceptors (Lipinski definition) is 5. The van der Waals surface area contributed by atoms with Crippen molar-refractivity contribution >= 4 is 16.0 Å². The summed E-state index contributed by atoms with van der Waals surface area (Å²) in [5.41, 5.74) is 0.983. The lowest BCUT2D eigenvalue weighted by atomic mass is 9.99. The molecule has 0 saturated carbocycles. The van der Waals surface area contributed by atoms with Crippen molar-refractivity contribution in [2.75, 3.05) is 13.2 Å². The van der Waals surface area contributed by atoms with Gasteiger partial charge < -0.3 is 9.84 Å². The number of hydrogen-bond donors (Lipinski definition) is 2. The monoisotopic (exact) mass is 386 g/mol. The Morgan fingerprint density at radius 1 is 1.30 bits per heavy atom. The van der Waals surface area contributed by atoms with Crippen molar-refractivity contribution in [3.8, 4) is 17.2 Å². The van der Waals surface area contributed by atoms with Crippen LogP contribution < -0.4 is 4.72 Å². The van der Waals surface area contributed by atoms with Gasteiger partial charge >= 0.3 is 5.97 Å². The molecule has 0 aliphatic carbocycles. The first kappa shape index (κ1) is 19.0. The van der Waals surface area contributed by atoms with E-state index in [0.29, 0.717) is 23.3 Å². The van der Waals surface area contributed by atoms with Crippen LogP contribution in [-0.4, -0.2) is 38.7 Å². The summed E-state index contributed by atoms with van der Waals surface area (Å²) in [5, 5.41) is 18.7. The summed E-state index contributed by atoms with van der Waals surface area (Å²) < 4.78 is 33.2. The Bertz CT molecular complexity index is 1010. The van der Waals surface area contributed by atoms with Gasteiger partial charge in [0, 0.05) is 13.2 Å². The number of carboxylic acid groups (broad SMARTS) is 1. The molecule has 0 spiro atoms. The third-order valence-electron chi connectivity index (χ3n) is 4.35. The minimum Gasteiger partial charge on any atom is -0.478 e. The molecule has 1 aliphatic rings. The quantitative estimate of drug-likeness (QED) is 0.787. The fourth-order valence-corrected chi connectivity index (χ4v) is 4.09. The normalized spacial score (nSPS) is 16.8. The summed E-state index contributed by atoms with van der Waals surface area (Å²) in [5.74, 6) is -1.25. The maximum absolute atomic E-state index is 12.7. The van der Waals surface area contributed by atoms with Crippen LogP contribution in [0.15, 0.2) is 47.4 Å². The first-order chi connectivity index (χ1) is 12.9. The number of carboxylic acids is 1. The second kappa shape index (κ2) is 7.88. The van der Waals surface area contributed by atoms with Gasteiger partial charge in [-0.15, -0.1) is 0 Å². The standard InChI is InChI=1S/C19H18N2O5S/c20-11-13-4-1-2-6-18(13)14-8-15(19(22)23)10-17(9-14)27(24,25)21-12-16-5-3-7-26-16/h1-2,4,6,8-10,16,21H,3,5,7,12H2,(H,22,23)/t16-/m0/s1. The molecule has 0 amide bonds. The zero-order valence-electron chi connectivity index (χ0n) is 14.4. The number of nitriles is 1. The van der Waals surface area contributed by atoms with E-state index >= 15 is 0 Å². The predicted molar refractivity (Wildman–Crippen MR) is 97.7 cm³/mol. The van der Waals surface area contributed by atoms with Crippen LogP contribution in [0.4, 0.5) is 0 Å². The molecule has 3 rings (SSSR count). The average Bonchev–Trinajstić information content (AvgIpc) is 3.19. The molecule has 1 fully saturated rings. The van der Waals surface area contributed by atoms with E-state index in [-0.39, 0.29) is 23.1 Å². The molecule has 1 aliphatic heterocycles. The van der Waals surface area contributed by atoms with Crippen molar-refractivity contribution in [3.63, 3.8) is 0 Å². The Labute approximate surface area is 157 Å². The van der Waals surface area contributed by atoms with E-state index in [1.54, 1.807) is 24.3 Å². The average molecular weight is 386 g/mol. The van der Waals surface area contributed by atoms with Gasteiger partial charge in [-0.05, 0) is 48.2 Å². The van der Waals surface area contributed by atoms with Gasteiger partial charge in [-0.25, -0.2) is 17.9 Å². The second-order valence-corrected chi connectivity index (χ2v) is 7.96. The van der Waals surface area contributed by atoms with Crippen molar-refractivity contribution in [1.29, 1.82) is 5.26 Å². The first-order valence-electron chi connectivity index (χ1n) is 8.40. The van der Waals surface area contributed by atoms with E-state index in [1.165, 1.54) is 12.1 Å². The number of aromatic carboxylic acids is 1. The van der Waals surface area contributed by atoms with E-state index in [4.69, 9.17) is 4.74 Å². The molecule has 27 heavy (non-hydrogen) atoms. The van der Waals surface area contributed by atoms with E-state index in [2.05, 4.69) is 4.72 Å². The van der Waals surface area contributed by atoms with E-state index in [0.717, 1.165) is 18.9 Å². The molecule has 0 unspecified atom stereocenters. The van der Waals surface area contributed by atoms with Crippen molar-refractivity contribution in [1.82, 2.24) is 4.72 Å². The van der Waals surface area contributed by atoms with Gasteiger partial charge in [0.1, 0.15) is 0 Å². The zero-order valence-corrected chi connectivity index (χ0v) is 15.2. The molecule has 1 atom stereocenters. The number of nitrogens with one attached hydrogen (secondary N) is 1. The number of ether oxygens (including phenoxy) is 1. The van der Waals surface area contributed by atoms with Crippen LogP contribution in [0.3, 0.4) is 0 Å². The predicted octanol–water partition coefficient (Wildman–Crippen LogP) is 2.38. The van der Waals surface area contributed by atoms with Crippen LogP contribution in [0.25, 0.3) is 11.1 Å². The molecule has 2 aromatic carbocycles. The zero-order chi connectivity index (χ0) is 19.4. The Hall–Kier alpha value is -2.73. The van der Waals surface area contributed by atoms with Gasteiger partial charge in [-0.3, -0.25) is 0 Å². The fraction of sp³-hybridized carbons (Fsp3) is 0.263. The van der Waals surface area contributed by atoms with E-state index in [9.17, 15) is 23.6 Å². The van der Waals surface area contributed by atoms with Crippen LogP contribution in [0.2, 0.25) is 0 Å². The summed E-state index contributed by atoms with van der Waals surface area (Å²) in [7, 11) is -3.93. The van der Waals surface area contributed by atoms with Gasteiger partial charge in [0.15, 0.2) is 0 Å². The number of carbonyl (C=O) groups is 1. The van der Waals surface area contributed by atoms with Crippen LogP contribution in [0, 0.1) is 11.3 Å². The highest BCUT2D eigenvalue weighted by Crippen LogP contribution is 2.27. The molecule has 2 aromatic rings. The molecule has 140 valence electrons. The molecule has 8 heteroatoms. The minimum absolute atomic E-state index is 0.129. The topological polar surface area (TPSA) is 116 Å². The lowest BCUT2D eigenvalue weighted by Crippen LogP contribution is -2.32. The second-order valence-electron chi connectivity index (χ2n) is 6.20. The van der Waals surface area contributed by atoms with E-state index in [1.807, 2.05) is 6.07 Å². The van der Waals surface area contributed by atoms with Gasteiger partial charge in [-0.1, -0.05) is 18.2 Å². The Kier molecular flexibility index (Phi) is 5.56. The third-order valence-corrected chi connectivity index (χ3v) is 5.75. The molecular formula is C19H18N2O5S. The molecule has 1 saturated heterocycles. The van der Waals surface area contributed by atoms with Crippen LogP contribution in [0.5, 0.6) is 0 Å². The molecule has 7 nitrogen and oxygen atoms in total. The summed E-state index contributed by atoms with van der Waals surface area (Å²) in [6.45, 7) is 0.736. The SMILES string of the molecule is N#Cc1ccccc1-c1cc(C(=O)O)cc(S(=O)(=O)NC[C@@H]2CCCO2)c1. The fourth-order valence-electron chi connectivity index (χ4n) is 2.96. The van der Waals surface area contributed by atoms with Gasteiger partial charge in [0.05, 0.1) is 28.2 Å². The van der Waals surface area contributed by atoms with E-state index < -0.39 is 16.0 Å². The van der Waals surface area contributed by atoms with Gasteiger partial charge in [0.2, 0.25) is 10.0 Å². The lowest BCUT2D eigenvalue weighted by Gasteiger charge is -2.13. The number of sulfonamides is 1. The molecule has 0 bridgehead atoms. The Balaban J connectivity index is 2.01. The first-order valence-corrected chi connectivity index (χ1v) is 9.88.